The van der Waals surface area contributed by atoms with E-state index in [0.717, 1.165) is 59.7 Å². The SMILES string of the molecule is Cc1ccc(C=CC(=O)c2ccccc2OCCCN2CCN(c3cc(=O)n(C)c(=O)n3C)CC2)c(S)c1. The van der Waals surface area contributed by atoms with E-state index < -0.39 is 0 Å². The number of carbonyl (C=O) groups excluding carboxylic acids is 1. The van der Waals surface area contributed by atoms with Gasteiger partial charge in [0.15, 0.2) is 5.78 Å². The molecule has 8 nitrogen and oxygen atoms in total. The Hall–Kier alpha value is -3.56. The summed E-state index contributed by atoms with van der Waals surface area (Å²) in [7, 11) is 3.18. The maximum atomic E-state index is 12.9. The molecule has 3 aromatic rings. The number of hydrogen-bond acceptors (Lipinski definition) is 7. The van der Waals surface area contributed by atoms with Gasteiger partial charge in [-0.05, 0) is 54.8 Å². The fourth-order valence-corrected chi connectivity index (χ4v) is 4.89. The van der Waals surface area contributed by atoms with Crippen LogP contribution in [0.2, 0.25) is 0 Å². The van der Waals surface area contributed by atoms with Crippen LogP contribution in [0.5, 0.6) is 5.75 Å². The number of piperazine rings is 1. The molecular formula is C29H34N4O4S. The number of benzene rings is 2. The molecule has 200 valence electrons. The van der Waals surface area contributed by atoms with Crippen molar-refractivity contribution in [2.45, 2.75) is 18.2 Å². The molecule has 0 radical (unpaired) electrons. The molecule has 1 aromatic heterocycles. The number of ether oxygens (including phenoxy) is 1. The standard InChI is InChI=1S/C29H34N4O4S/c1-21-9-10-22(26(38)19-21)11-12-24(34)23-7-4-5-8-25(23)37-18-6-13-32-14-16-33(17-15-32)27-20-28(35)31(3)29(36)30(27)2/h4-5,7-12,19-20,38H,6,13-18H2,1-3H3. The zero-order valence-electron chi connectivity index (χ0n) is 22.1. The molecule has 1 aliphatic heterocycles. The van der Waals surface area contributed by atoms with Crippen LogP contribution >= 0.6 is 12.6 Å². The van der Waals surface area contributed by atoms with Gasteiger partial charge < -0.3 is 9.64 Å². The highest BCUT2D eigenvalue weighted by Gasteiger charge is 2.20. The third kappa shape index (κ3) is 6.46. The minimum atomic E-state index is -0.317. The maximum Gasteiger partial charge on any atom is 0.332 e. The lowest BCUT2D eigenvalue weighted by molar-refractivity contribution is 0.104. The van der Waals surface area contributed by atoms with Crippen LogP contribution in [0.1, 0.15) is 27.9 Å². The number of nitrogens with zero attached hydrogens (tertiary/aromatic N) is 4. The summed E-state index contributed by atoms with van der Waals surface area (Å²) in [5.74, 6) is 1.12. The molecule has 1 saturated heterocycles. The van der Waals surface area contributed by atoms with E-state index in [1.165, 1.54) is 17.7 Å². The lowest BCUT2D eigenvalue weighted by Crippen LogP contribution is -2.49. The first-order valence-electron chi connectivity index (χ1n) is 12.7. The fraction of sp³-hybridized carbons (Fsp3) is 0.345. The van der Waals surface area contributed by atoms with Gasteiger partial charge in [-0.2, -0.15) is 0 Å². The van der Waals surface area contributed by atoms with Crippen molar-refractivity contribution in [2.75, 3.05) is 44.2 Å². The highest BCUT2D eigenvalue weighted by atomic mass is 32.1. The van der Waals surface area contributed by atoms with Crippen molar-refractivity contribution in [1.29, 1.82) is 0 Å². The number of hydrogen-bond donors (Lipinski definition) is 1. The quantitative estimate of drug-likeness (QED) is 0.197. The van der Waals surface area contributed by atoms with Crippen LogP contribution in [0, 0.1) is 6.92 Å². The molecule has 0 spiro atoms. The molecule has 0 amide bonds. The topological polar surface area (TPSA) is 76.8 Å². The molecule has 0 atom stereocenters. The molecular weight excluding hydrogens is 500 g/mol. The van der Waals surface area contributed by atoms with Crippen molar-refractivity contribution in [3.8, 4) is 5.75 Å². The van der Waals surface area contributed by atoms with E-state index in [9.17, 15) is 14.4 Å². The predicted octanol–water partition coefficient (Wildman–Crippen LogP) is 3.17. The van der Waals surface area contributed by atoms with Crippen LogP contribution < -0.4 is 20.9 Å². The first-order chi connectivity index (χ1) is 18.2. The van der Waals surface area contributed by atoms with Gasteiger partial charge >= 0.3 is 5.69 Å². The van der Waals surface area contributed by atoms with Gasteiger partial charge in [0.05, 0.1) is 12.2 Å². The Balaban J connectivity index is 1.27. The molecule has 0 bridgehead atoms. The number of thiol groups is 1. The summed E-state index contributed by atoms with van der Waals surface area (Å²) in [5.41, 5.74) is 1.93. The van der Waals surface area contributed by atoms with Crippen LogP contribution in [-0.4, -0.2) is 59.1 Å². The minimum absolute atomic E-state index is 0.116. The summed E-state index contributed by atoms with van der Waals surface area (Å²) in [6, 6.07) is 14.7. The van der Waals surface area contributed by atoms with E-state index in [1.54, 1.807) is 25.3 Å². The van der Waals surface area contributed by atoms with E-state index in [-0.39, 0.29) is 17.0 Å². The summed E-state index contributed by atoms with van der Waals surface area (Å²) in [4.78, 5) is 42.5. The summed E-state index contributed by atoms with van der Waals surface area (Å²) in [6.07, 6.45) is 4.16. The highest BCUT2D eigenvalue weighted by Crippen LogP contribution is 2.22. The molecule has 2 heterocycles. The number of anilines is 1. The Kier molecular flexibility index (Phi) is 8.91. The number of aromatic nitrogens is 2. The number of aryl methyl sites for hydroxylation is 1. The Bertz CT molecular complexity index is 1450. The lowest BCUT2D eigenvalue weighted by Gasteiger charge is -2.36. The summed E-state index contributed by atoms with van der Waals surface area (Å²) in [6.45, 7) is 6.49. The predicted molar refractivity (Wildman–Crippen MR) is 154 cm³/mol. The average Bonchev–Trinajstić information content (AvgIpc) is 2.92. The van der Waals surface area contributed by atoms with Crippen LogP contribution in [0.15, 0.2) is 69.1 Å². The molecule has 38 heavy (non-hydrogen) atoms. The molecule has 0 unspecified atom stereocenters. The van der Waals surface area contributed by atoms with Gasteiger partial charge in [-0.1, -0.05) is 24.3 Å². The first-order valence-corrected chi connectivity index (χ1v) is 13.2. The second-order valence-corrected chi connectivity index (χ2v) is 10.0. The smallest absolute Gasteiger partial charge is 0.332 e. The van der Waals surface area contributed by atoms with Crippen molar-refractivity contribution < 1.29 is 9.53 Å². The van der Waals surface area contributed by atoms with Crippen molar-refractivity contribution in [3.05, 3.63) is 92.1 Å². The number of para-hydroxylation sites is 1. The zero-order valence-corrected chi connectivity index (χ0v) is 23.0. The van der Waals surface area contributed by atoms with Gasteiger partial charge in [0.1, 0.15) is 11.6 Å². The van der Waals surface area contributed by atoms with Crippen LogP contribution in [-0.2, 0) is 14.1 Å². The molecule has 0 N–H and O–H groups in total. The van der Waals surface area contributed by atoms with E-state index in [2.05, 4.69) is 22.4 Å². The van der Waals surface area contributed by atoms with Crippen molar-refractivity contribution in [1.82, 2.24) is 14.0 Å². The van der Waals surface area contributed by atoms with Gasteiger partial charge in [0, 0.05) is 57.8 Å². The van der Waals surface area contributed by atoms with Crippen LogP contribution in [0.4, 0.5) is 5.82 Å². The van der Waals surface area contributed by atoms with Crippen molar-refractivity contribution in [3.63, 3.8) is 0 Å². The van der Waals surface area contributed by atoms with E-state index in [0.29, 0.717) is 23.7 Å². The summed E-state index contributed by atoms with van der Waals surface area (Å²) < 4.78 is 8.64. The van der Waals surface area contributed by atoms with Gasteiger partial charge in [-0.25, -0.2) is 4.79 Å². The van der Waals surface area contributed by atoms with Crippen molar-refractivity contribution >= 4 is 30.3 Å². The molecule has 1 fully saturated rings. The first kappa shape index (κ1) is 27.5. The Labute approximate surface area is 228 Å². The average molecular weight is 535 g/mol. The van der Waals surface area contributed by atoms with Crippen LogP contribution in [0.25, 0.3) is 6.08 Å². The van der Waals surface area contributed by atoms with Gasteiger partial charge in [0.2, 0.25) is 0 Å². The molecule has 1 aliphatic rings. The number of rotatable bonds is 9. The largest absolute Gasteiger partial charge is 0.493 e. The van der Waals surface area contributed by atoms with Crippen LogP contribution in [0.3, 0.4) is 0 Å². The fourth-order valence-electron chi connectivity index (χ4n) is 4.54. The molecule has 4 rings (SSSR count). The molecule has 0 aliphatic carbocycles. The molecule has 2 aromatic carbocycles. The summed E-state index contributed by atoms with van der Waals surface area (Å²) in [5, 5.41) is 0. The zero-order chi connectivity index (χ0) is 27.2. The Morgan fingerprint density at radius 3 is 2.47 bits per heavy atom. The summed E-state index contributed by atoms with van der Waals surface area (Å²) >= 11 is 4.50. The Morgan fingerprint density at radius 1 is 1.00 bits per heavy atom. The van der Waals surface area contributed by atoms with E-state index >= 15 is 0 Å². The molecule has 0 saturated carbocycles. The normalized spacial score (nSPS) is 14.3. The third-order valence-corrected chi connectivity index (χ3v) is 7.21. The van der Waals surface area contributed by atoms with Crippen molar-refractivity contribution in [2.24, 2.45) is 14.1 Å². The minimum Gasteiger partial charge on any atom is -0.493 e. The number of carbonyl (C=O) groups is 1. The van der Waals surface area contributed by atoms with E-state index in [4.69, 9.17) is 4.74 Å². The van der Waals surface area contributed by atoms with Gasteiger partial charge in [0.25, 0.3) is 5.56 Å². The number of ketones is 1. The monoisotopic (exact) mass is 534 g/mol. The Morgan fingerprint density at radius 2 is 1.74 bits per heavy atom. The molecule has 9 heteroatoms. The maximum absolute atomic E-state index is 12.9. The van der Waals surface area contributed by atoms with Gasteiger partial charge in [-0.3, -0.25) is 23.6 Å². The number of allylic oxidation sites excluding steroid dienone is 1. The second-order valence-electron chi connectivity index (χ2n) is 9.53. The lowest BCUT2D eigenvalue weighted by atomic mass is 10.1. The third-order valence-electron chi connectivity index (χ3n) is 6.83. The van der Waals surface area contributed by atoms with Gasteiger partial charge in [-0.15, -0.1) is 12.6 Å². The second kappa shape index (κ2) is 12.3. The highest BCUT2D eigenvalue weighted by molar-refractivity contribution is 7.80. The van der Waals surface area contributed by atoms with E-state index in [1.807, 2.05) is 43.3 Å².